The summed E-state index contributed by atoms with van der Waals surface area (Å²) in [7, 11) is 1.68. The topological polar surface area (TPSA) is 120 Å². The quantitative estimate of drug-likeness (QED) is 0.404. The van der Waals surface area contributed by atoms with E-state index in [9.17, 15) is 9.59 Å². The maximum atomic E-state index is 13.3. The van der Waals surface area contributed by atoms with Gasteiger partial charge in [-0.2, -0.15) is 0 Å². The van der Waals surface area contributed by atoms with Gasteiger partial charge in [0.25, 0.3) is 11.5 Å². The van der Waals surface area contributed by atoms with Crippen LogP contribution in [0, 0.1) is 0 Å². The smallest absolute Gasteiger partial charge is 0.276 e. The number of piperazine rings is 1. The van der Waals surface area contributed by atoms with Gasteiger partial charge in [0, 0.05) is 50.7 Å². The van der Waals surface area contributed by atoms with Crippen LogP contribution in [-0.4, -0.2) is 77.1 Å². The molecule has 1 fully saturated rings. The number of amides is 1. The van der Waals surface area contributed by atoms with E-state index in [4.69, 9.17) is 22.1 Å². The highest BCUT2D eigenvalue weighted by molar-refractivity contribution is 6.35. The standard InChI is InChI=1S/C24H25ClN6O3/c1-34-11-10-30-6-8-31(9-7-30)24(33)14-12-15-19(13-16(14)25)28-21(20(15)26)22-23(32)29-18-5-3-2-4-17(18)27-22/h2-5,12-13,28H,6-11,26H2,1H3,(H,29,32). The number of aromatic amines is 2. The number of nitrogen functional groups attached to an aromatic ring is 1. The minimum Gasteiger partial charge on any atom is -0.396 e. The van der Waals surface area contributed by atoms with Gasteiger partial charge < -0.3 is 25.3 Å². The summed E-state index contributed by atoms with van der Waals surface area (Å²) in [5.74, 6) is -0.137. The molecule has 5 rings (SSSR count). The molecule has 0 atom stereocenters. The number of fused-ring (bicyclic) bond motifs is 2. The number of ether oxygens (including phenoxy) is 1. The molecule has 0 radical (unpaired) electrons. The van der Waals surface area contributed by atoms with Gasteiger partial charge in [-0.05, 0) is 24.3 Å². The highest BCUT2D eigenvalue weighted by Crippen LogP contribution is 2.34. The number of nitrogens with two attached hydrogens (primary N) is 1. The second-order valence-electron chi connectivity index (χ2n) is 8.35. The molecule has 2 aromatic heterocycles. The second kappa shape index (κ2) is 9.09. The van der Waals surface area contributed by atoms with Gasteiger partial charge in [-0.1, -0.05) is 23.7 Å². The molecule has 10 heteroatoms. The molecule has 3 heterocycles. The fourth-order valence-electron chi connectivity index (χ4n) is 4.35. The number of H-pyrrole nitrogens is 2. The van der Waals surface area contributed by atoms with E-state index >= 15 is 0 Å². The second-order valence-corrected chi connectivity index (χ2v) is 8.76. The lowest BCUT2D eigenvalue weighted by atomic mass is 10.1. The molecule has 0 aliphatic carbocycles. The summed E-state index contributed by atoms with van der Waals surface area (Å²) in [5.41, 5.74) is 9.32. The van der Waals surface area contributed by atoms with Crippen LogP contribution in [0.2, 0.25) is 5.02 Å². The molecule has 4 N–H and O–H groups in total. The van der Waals surface area contributed by atoms with E-state index in [0.29, 0.717) is 63.6 Å². The number of methoxy groups -OCH3 is 1. The Balaban J connectivity index is 1.47. The highest BCUT2D eigenvalue weighted by atomic mass is 35.5. The zero-order valence-electron chi connectivity index (χ0n) is 18.7. The van der Waals surface area contributed by atoms with Crippen molar-refractivity contribution in [1.29, 1.82) is 0 Å². The molecule has 0 saturated carbocycles. The zero-order chi connectivity index (χ0) is 23.8. The average Bonchev–Trinajstić information content (AvgIpc) is 3.16. The largest absolute Gasteiger partial charge is 0.396 e. The number of nitrogens with one attached hydrogen (secondary N) is 2. The van der Waals surface area contributed by atoms with Crippen LogP contribution in [0.3, 0.4) is 0 Å². The van der Waals surface area contributed by atoms with E-state index in [2.05, 4.69) is 19.9 Å². The highest BCUT2D eigenvalue weighted by Gasteiger charge is 2.25. The maximum Gasteiger partial charge on any atom is 0.276 e. The number of hydrogen-bond acceptors (Lipinski definition) is 6. The first-order valence-corrected chi connectivity index (χ1v) is 11.4. The van der Waals surface area contributed by atoms with Gasteiger partial charge in [0.1, 0.15) is 0 Å². The summed E-state index contributed by atoms with van der Waals surface area (Å²) in [6.45, 7) is 4.29. The Morgan fingerprint density at radius 2 is 1.91 bits per heavy atom. The molecular weight excluding hydrogens is 456 g/mol. The van der Waals surface area contributed by atoms with E-state index < -0.39 is 0 Å². The molecule has 0 spiro atoms. The molecule has 4 aromatic rings. The summed E-state index contributed by atoms with van der Waals surface area (Å²) in [6, 6.07) is 10.7. The van der Waals surface area contributed by atoms with Crippen LogP contribution in [0.5, 0.6) is 0 Å². The Kier molecular flexibility index (Phi) is 5.99. The normalized spacial score (nSPS) is 14.8. The number of halogens is 1. The van der Waals surface area contributed by atoms with Crippen molar-refractivity contribution >= 4 is 45.1 Å². The van der Waals surface area contributed by atoms with E-state index in [1.165, 1.54) is 0 Å². The molecule has 1 amide bonds. The number of carbonyl (C=O) groups excluding carboxylic acids is 1. The molecule has 1 saturated heterocycles. The van der Waals surface area contributed by atoms with Crippen LogP contribution in [0.25, 0.3) is 33.3 Å². The summed E-state index contributed by atoms with van der Waals surface area (Å²) < 4.78 is 5.14. The third kappa shape index (κ3) is 4.02. The van der Waals surface area contributed by atoms with Gasteiger partial charge in [-0.15, -0.1) is 0 Å². The molecule has 34 heavy (non-hydrogen) atoms. The van der Waals surface area contributed by atoms with Crippen LogP contribution < -0.4 is 11.3 Å². The third-order valence-corrected chi connectivity index (χ3v) is 6.58. The van der Waals surface area contributed by atoms with E-state index in [1.54, 1.807) is 30.2 Å². The molecule has 2 aromatic carbocycles. The summed E-state index contributed by atoms with van der Waals surface area (Å²) in [6.07, 6.45) is 0. The minimum atomic E-state index is -0.356. The Bertz CT molecular complexity index is 1440. The number of aromatic nitrogens is 3. The Morgan fingerprint density at radius 1 is 1.15 bits per heavy atom. The number of para-hydroxylation sites is 2. The van der Waals surface area contributed by atoms with Crippen LogP contribution in [0.15, 0.2) is 41.2 Å². The first-order valence-electron chi connectivity index (χ1n) is 11.1. The van der Waals surface area contributed by atoms with Crippen molar-refractivity contribution in [3.63, 3.8) is 0 Å². The van der Waals surface area contributed by atoms with Crippen LogP contribution in [-0.2, 0) is 4.74 Å². The summed E-state index contributed by atoms with van der Waals surface area (Å²) >= 11 is 6.51. The van der Waals surface area contributed by atoms with Gasteiger partial charge >= 0.3 is 0 Å². The fourth-order valence-corrected chi connectivity index (χ4v) is 4.60. The van der Waals surface area contributed by atoms with Crippen LogP contribution in [0.4, 0.5) is 5.69 Å². The van der Waals surface area contributed by atoms with Crippen molar-refractivity contribution < 1.29 is 9.53 Å². The molecule has 176 valence electrons. The van der Waals surface area contributed by atoms with Crippen molar-refractivity contribution in [1.82, 2.24) is 24.8 Å². The van der Waals surface area contributed by atoms with Crippen molar-refractivity contribution in [2.45, 2.75) is 0 Å². The number of nitrogens with zero attached hydrogens (tertiary/aromatic N) is 3. The third-order valence-electron chi connectivity index (χ3n) is 6.26. The predicted octanol–water partition coefficient (Wildman–Crippen LogP) is 2.71. The van der Waals surface area contributed by atoms with Crippen molar-refractivity contribution in [3.8, 4) is 11.4 Å². The van der Waals surface area contributed by atoms with Gasteiger partial charge in [-0.25, -0.2) is 4.98 Å². The van der Waals surface area contributed by atoms with Crippen LogP contribution >= 0.6 is 11.6 Å². The van der Waals surface area contributed by atoms with Gasteiger partial charge in [0.2, 0.25) is 0 Å². The maximum absolute atomic E-state index is 13.3. The van der Waals surface area contributed by atoms with Crippen LogP contribution in [0.1, 0.15) is 10.4 Å². The summed E-state index contributed by atoms with van der Waals surface area (Å²) in [4.78, 5) is 40.5. The molecule has 1 aliphatic rings. The lowest BCUT2D eigenvalue weighted by molar-refractivity contribution is 0.0594. The van der Waals surface area contributed by atoms with E-state index in [1.807, 2.05) is 18.2 Å². The summed E-state index contributed by atoms with van der Waals surface area (Å²) in [5, 5.41) is 0.948. The van der Waals surface area contributed by atoms with E-state index in [0.717, 1.165) is 19.6 Å². The SMILES string of the molecule is COCCN1CCN(C(=O)c2cc3c(N)c(-c4nc5ccccc5[nH]c4=O)[nH]c3cc2Cl)CC1. The number of rotatable bonds is 5. The lowest BCUT2D eigenvalue weighted by Gasteiger charge is -2.34. The van der Waals surface area contributed by atoms with Crippen molar-refractivity contribution in [3.05, 3.63) is 57.3 Å². The van der Waals surface area contributed by atoms with Gasteiger partial charge in [-0.3, -0.25) is 14.5 Å². The van der Waals surface area contributed by atoms with Crippen molar-refractivity contribution in [2.24, 2.45) is 0 Å². The Labute approximate surface area is 200 Å². The number of benzene rings is 2. The predicted molar refractivity (Wildman–Crippen MR) is 133 cm³/mol. The molecule has 9 nitrogen and oxygen atoms in total. The fraction of sp³-hybridized carbons (Fsp3) is 0.292. The lowest BCUT2D eigenvalue weighted by Crippen LogP contribution is -2.49. The number of anilines is 1. The molecule has 0 bridgehead atoms. The molecule has 0 unspecified atom stereocenters. The number of hydrogen-bond donors (Lipinski definition) is 3. The molecular formula is C24H25ClN6O3. The average molecular weight is 481 g/mol. The van der Waals surface area contributed by atoms with Crippen molar-refractivity contribution in [2.75, 3.05) is 52.2 Å². The zero-order valence-corrected chi connectivity index (χ0v) is 19.5. The Morgan fingerprint density at radius 3 is 2.68 bits per heavy atom. The van der Waals surface area contributed by atoms with Gasteiger partial charge in [0.05, 0.1) is 39.6 Å². The number of carbonyl (C=O) groups is 1. The van der Waals surface area contributed by atoms with E-state index in [-0.39, 0.29) is 17.2 Å². The van der Waals surface area contributed by atoms with Gasteiger partial charge in [0.15, 0.2) is 5.69 Å². The first kappa shape index (κ1) is 22.4. The Hall–Kier alpha value is -3.40. The minimum absolute atomic E-state index is 0.137. The molecule has 1 aliphatic heterocycles. The first-order chi connectivity index (χ1) is 16.5. The monoisotopic (exact) mass is 480 g/mol.